The number of phosphoric acid groups is 1. The first-order valence-electron chi connectivity index (χ1n) is 31.8. The zero-order chi connectivity index (χ0) is 58.3. The maximum atomic E-state index is 13.0. The molecular weight excluding hydrogens is 1020 g/mol. The van der Waals surface area contributed by atoms with Crippen LogP contribution in [-0.2, 0) is 42.2 Å². The Labute approximate surface area is 488 Å². The third kappa shape index (κ3) is 58.8. The van der Waals surface area contributed by atoms with Crippen LogP contribution < -0.4 is 0 Å². The SMILES string of the molecule is CC/C=C\C/C=C\C/C=C\C/C=C\C/C=C\CCCCCC(=O)OCC(COP(=O)(O)OCC(CO)OC(=O)CCCCCCCCC/C=C\C/C=C\CCCCC)OC(=O)CCCCCCCCC/C=C\C/C=C\CCCCC. The van der Waals surface area contributed by atoms with Crippen LogP contribution in [0, 0.1) is 0 Å². The van der Waals surface area contributed by atoms with Crippen molar-refractivity contribution in [1.29, 1.82) is 0 Å². The van der Waals surface area contributed by atoms with Crippen LogP contribution >= 0.6 is 7.82 Å². The standard InChI is InChI=1S/C68H115O11P/c1-4-7-10-13-16-19-22-25-28-31-32-35-36-39-42-45-48-51-54-57-66(70)75-61-65(79-68(72)59-56-53-50-47-44-41-38-34-30-27-24-21-18-15-12-9-6-3)63-77-80(73,74)76-62-64(60-69)78-67(71)58-55-52-49-46-43-40-37-33-29-26-23-20-17-14-11-8-5-2/h7,10,16-21,25-30,32,35,39,42,64-65,69H,4-6,8-9,11-15,22-24,31,33-34,36-38,40-41,43-63H2,1-3H3,(H,73,74)/b10-7-,19-16-,20-17-,21-18-,28-25-,29-26-,30-27-,35-32-,42-39-. The van der Waals surface area contributed by atoms with Crippen molar-refractivity contribution in [3.05, 3.63) is 109 Å². The van der Waals surface area contributed by atoms with Crippen molar-refractivity contribution in [3.63, 3.8) is 0 Å². The number of unbranched alkanes of at least 4 members (excludes halogenated alkanes) is 23. The predicted octanol–water partition coefficient (Wildman–Crippen LogP) is 19.4. The summed E-state index contributed by atoms with van der Waals surface area (Å²) in [6.07, 6.45) is 74.6. The van der Waals surface area contributed by atoms with Crippen LogP contribution in [0.5, 0.6) is 0 Å². The zero-order valence-corrected chi connectivity index (χ0v) is 51.7. The molecule has 0 amide bonds. The number of esters is 3. The summed E-state index contributed by atoms with van der Waals surface area (Å²) in [7, 11) is -4.77. The molecule has 2 N–H and O–H groups in total. The molecule has 458 valence electrons. The summed E-state index contributed by atoms with van der Waals surface area (Å²) in [5.74, 6) is -1.52. The zero-order valence-electron chi connectivity index (χ0n) is 50.8. The van der Waals surface area contributed by atoms with Gasteiger partial charge in [-0.3, -0.25) is 23.4 Å². The predicted molar refractivity (Wildman–Crippen MR) is 334 cm³/mol. The van der Waals surface area contributed by atoms with Crippen LogP contribution in [0.25, 0.3) is 0 Å². The van der Waals surface area contributed by atoms with E-state index in [4.69, 9.17) is 23.3 Å². The fourth-order valence-electron chi connectivity index (χ4n) is 8.33. The first-order valence-corrected chi connectivity index (χ1v) is 33.3. The van der Waals surface area contributed by atoms with Gasteiger partial charge in [-0.15, -0.1) is 0 Å². The Balaban J connectivity index is 4.78. The van der Waals surface area contributed by atoms with E-state index in [1.165, 1.54) is 77.0 Å². The number of carbonyl (C=O) groups is 3. The highest BCUT2D eigenvalue weighted by atomic mass is 31.2. The smallest absolute Gasteiger partial charge is 0.462 e. The highest BCUT2D eigenvalue weighted by Crippen LogP contribution is 2.43. The van der Waals surface area contributed by atoms with Crippen molar-refractivity contribution >= 4 is 25.7 Å². The molecule has 0 heterocycles. The molecule has 11 nitrogen and oxygen atoms in total. The largest absolute Gasteiger partial charge is 0.472 e. The minimum absolute atomic E-state index is 0.146. The number of rotatable bonds is 58. The second kappa shape index (κ2) is 61.2. The second-order valence-electron chi connectivity index (χ2n) is 20.8. The summed E-state index contributed by atoms with van der Waals surface area (Å²) in [6.45, 7) is 4.44. The van der Waals surface area contributed by atoms with Crippen LogP contribution in [0.2, 0.25) is 0 Å². The van der Waals surface area contributed by atoms with Gasteiger partial charge >= 0.3 is 25.7 Å². The number of carbonyl (C=O) groups excluding carboxylic acids is 3. The molecule has 0 spiro atoms. The molecule has 0 fully saturated rings. The maximum absolute atomic E-state index is 13.0. The Morgan fingerprint density at radius 3 is 1.01 bits per heavy atom. The number of ether oxygens (including phenoxy) is 3. The molecule has 0 aromatic rings. The fraction of sp³-hybridized carbons (Fsp3) is 0.691. The summed E-state index contributed by atoms with van der Waals surface area (Å²) < 4.78 is 39.6. The lowest BCUT2D eigenvalue weighted by Gasteiger charge is -2.21. The van der Waals surface area contributed by atoms with Crippen LogP contribution in [0.15, 0.2) is 109 Å². The van der Waals surface area contributed by atoms with E-state index >= 15 is 0 Å². The third-order valence-corrected chi connectivity index (χ3v) is 14.1. The monoisotopic (exact) mass is 1140 g/mol. The Bertz CT molecular complexity index is 1760. The maximum Gasteiger partial charge on any atom is 0.472 e. The highest BCUT2D eigenvalue weighted by Gasteiger charge is 2.28. The van der Waals surface area contributed by atoms with E-state index in [0.717, 1.165) is 128 Å². The van der Waals surface area contributed by atoms with Crippen molar-refractivity contribution < 1.29 is 52.2 Å². The van der Waals surface area contributed by atoms with Crippen molar-refractivity contribution in [2.45, 2.75) is 277 Å². The Kier molecular flexibility index (Phi) is 58.3. The lowest BCUT2D eigenvalue weighted by atomic mass is 10.1. The molecule has 0 aromatic carbocycles. The van der Waals surface area contributed by atoms with Gasteiger partial charge in [0.2, 0.25) is 0 Å². The molecule has 0 aliphatic heterocycles. The summed E-state index contributed by atoms with van der Waals surface area (Å²) in [5, 5.41) is 9.85. The Morgan fingerprint density at radius 2 is 0.650 bits per heavy atom. The summed E-state index contributed by atoms with van der Waals surface area (Å²) >= 11 is 0. The minimum atomic E-state index is -4.77. The van der Waals surface area contributed by atoms with Gasteiger partial charge in [-0.1, -0.05) is 226 Å². The number of phosphoric ester groups is 1. The molecule has 80 heavy (non-hydrogen) atoms. The van der Waals surface area contributed by atoms with Gasteiger partial charge in [0.1, 0.15) is 12.7 Å². The summed E-state index contributed by atoms with van der Waals surface area (Å²) in [4.78, 5) is 48.7. The quantitative estimate of drug-likeness (QED) is 0.0197. The van der Waals surface area contributed by atoms with Crippen molar-refractivity contribution in [2.24, 2.45) is 0 Å². The van der Waals surface area contributed by atoms with Gasteiger partial charge in [-0.25, -0.2) is 4.57 Å². The number of allylic oxidation sites excluding steroid dienone is 18. The minimum Gasteiger partial charge on any atom is -0.462 e. The molecule has 0 aliphatic carbocycles. The van der Waals surface area contributed by atoms with E-state index in [-0.39, 0.29) is 25.9 Å². The number of hydrogen-bond donors (Lipinski definition) is 2. The average Bonchev–Trinajstić information content (AvgIpc) is 3.45. The van der Waals surface area contributed by atoms with E-state index < -0.39 is 57.8 Å². The van der Waals surface area contributed by atoms with Gasteiger partial charge < -0.3 is 24.2 Å². The van der Waals surface area contributed by atoms with Gasteiger partial charge in [-0.05, 0) is 128 Å². The molecule has 3 unspecified atom stereocenters. The molecule has 3 atom stereocenters. The van der Waals surface area contributed by atoms with Crippen molar-refractivity contribution in [3.8, 4) is 0 Å². The van der Waals surface area contributed by atoms with Gasteiger partial charge in [0.15, 0.2) is 6.10 Å². The lowest BCUT2D eigenvalue weighted by Crippen LogP contribution is -2.30. The number of aliphatic hydroxyl groups is 1. The molecular formula is C68H115O11P. The van der Waals surface area contributed by atoms with E-state index in [1.54, 1.807) is 0 Å². The van der Waals surface area contributed by atoms with Crippen LogP contribution in [0.4, 0.5) is 0 Å². The number of aliphatic hydroxyl groups excluding tert-OH is 1. The molecule has 0 rings (SSSR count). The van der Waals surface area contributed by atoms with Gasteiger partial charge in [-0.2, -0.15) is 0 Å². The first kappa shape index (κ1) is 76.1. The van der Waals surface area contributed by atoms with Crippen LogP contribution in [0.3, 0.4) is 0 Å². The van der Waals surface area contributed by atoms with E-state index in [1.807, 2.05) is 0 Å². The lowest BCUT2D eigenvalue weighted by molar-refractivity contribution is -0.161. The first-order chi connectivity index (χ1) is 39.2. The van der Waals surface area contributed by atoms with E-state index in [0.29, 0.717) is 19.3 Å². The topological polar surface area (TPSA) is 155 Å². The van der Waals surface area contributed by atoms with E-state index in [9.17, 15) is 28.9 Å². The number of hydrogen-bond acceptors (Lipinski definition) is 10. The summed E-state index contributed by atoms with van der Waals surface area (Å²) in [6, 6.07) is 0. The molecule has 0 radical (unpaired) electrons. The van der Waals surface area contributed by atoms with Crippen LogP contribution in [-0.4, -0.2) is 66.5 Å². The molecule has 12 heteroatoms. The van der Waals surface area contributed by atoms with Crippen molar-refractivity contribution in [2.75, 3.05) is 26.4 Å². The molecule has 0 bridgehead atoms. The Hall–Kier alpha value is -3.86. The fourth-order valence-corrected chi connectivity index (χ4v) is 9.11. The summed E-state index contributed by atoms with van der Waals surface area (Å²) in [5.41, 5.74) is 0. The van der Waals surface area contributed by atoms with Gasteiger partial charge in [0.25, 0.3) is 0 Å². The van der Waals surface area contributed by atoms with Crippen LogP contribution in [0.1, 0.15) is 265 Å². The molecule has 0 aromatic heterocycles. The average molecular weight is 1140 g/mol. The molecule has 0 aliphatic rings. The highest BCUT2D eigenvalue weighted by molar-refractivity contribution is 7.47. The molecule has 0 saturated carbocycles. The normalized spacial score (nSPS) is 14.0. The van der Waals surface area contributed by atoms with Gasteiger partial charge in [0.05, 0.1) is 19.8 Å². The third-order valence-electron chi connectivity index (χ3n) is 13.1. The van der Waals surface area contributed by atoms with Gasteiger partial charge in [0, 0.05) is 19.3 Å². The molecule has 0 saturated heterocycles. The second-order valence-corrected chi connectivity index (χ2v) is 22.3. The van der Waals surface area contributed by atoms with E-state index in [2.05, 4.69) is 130 Å². The Morgan fingerprint density at radius 1 is 0.362 bits per heavy atom. The van der Waals surface area contributed by atoms with Crippen molar-refractivity contribution in [1.82, 2.24) is 0 Å².